The number of fused-ring (bicyclic) bond motifs is 1. The van der Waals surface area contributed by atoms with E-state index in [1.807, 2.05) is 42.2 Å². The second-order valence-electron chi connectivity index (χ2n) is 7.54. The van der Waals surface area contributed by atoms with Gasteiger partial charge in [-0.15, -0.1) is 0 Å². The average molecular weight is 420 g/mol. The van der Waals surface area contributed by atoms with Gasteiger partial charge in [-0.25, -0.2) is 4.39 Å². The Balaban J connectivity index is 1.49. The lowest BCUT2D eigenvalue weighted by atomic mass is 10.0. The van der Waals surface area contributed by atoms with Crippen LogP contribution < -0.4 is 5.73 Å². The molecular formula is C23H19ClFN5. The summed E-state index contributed by atoms with van der Waals surface area (Å²) in [5, 5.41) is 4.63. The van der Waals surface area contributed by atoms with Crippen LogP contribution in [0.3, 0.4) is 0 Å². The molecular weight excluding hydrogens is 401 g/mol. The van der Waals surface area contributed by atoms with E-state index in [-0.39, 0.29) is 11.1 Å². The molecule has 1 aromatic carbocycles. The van der Waals surface area contributed by atoms with Crippen LogP contribution in [0.1, 0.15) is 29.4 Å². The molecule has 2 N–H and O–H groups in total. The summed E-state index contributed by atoms with van der Waals surface area (Å²) >= 11 is 5.95. The predicted octanol–water partition coefficient (Wildman–Crippen LogP) is 5.23. The molecule has 1 aliphatic carbocycles. The zero-order valence-corrected chi connectivity index (χ0v) is 17.1. The molecule has 5 rings (SSSR count). The van der Waals surface area contributed by atoms with Crippen molar-refractivity contribution in [2.75, 3.05) is 5.73 Å². The predicted molar refractivity (Wildman–Crippen MR) is 116 cm³/mol. The maximum Gasteiger partial charge on any atom is 0.151 e. The van der Waals surface area contributed by atoms with E-state index < -0.39 is 5.82 Å². The van der Waals surface area contributed by atoms with Gasteiger partial charge in [-0.3, -0.25) is 14.6 Å². The quantitative estimate of drug-likeness (QED) is 0.462. The molecule has 4 aromatic rings. The fourth-order valence-corrected chi connectivity index (χ4v) is 4.24. The highest BCUT2D eigenvalue weighted by molar-refractivity contribution is 6.31. The van der Waals surface area contributed by atoms with Gasteiger partial charge in [0.2, 0.25) is 0 Å². The van der Waals surface area contributed by atoms with Gasteiger partial charge >= 0.3 is 0 Å². The minimum Gasteiger partial charge on any atom is -0.398 e. The molecule has 0 spiro atoms. The molecule has 1 atom stereocenters. The van der Waals surface area contributed by atoms with Crippen molar-refractivity contribution in [1.29, 1.82) is 0 Å². The smallest absolute Gasteiger partial charge is 0.151 e. The van der Waals surface area contributed by atoms with Gasteiger partial charge < -0.3 is 5.73 Å². The summed E-state index contributed by atoms with van der Waals surface area (Å²) in [6.45, 7) is 1.97. The molecule has 0 saturated heterocycles. The minimum atomic E-state index is -0.516. The van der Waals surface area contributed by atoms with Crippen LogP contribution in [-0.4, -0.2) is 19.7 Å². The number of benzene rings is 1. The standard InChI is InChI=1S/C23H19ClFN5/c1-13-8-14(6-7-27-13)17-11-29-30(12-17)20-5-2-15-9-16(10-28-23(15)20)21-19(26)4-3-18(24)22(21)25/h3-4,6-12,20H,2,5,26H2,1H3. The first-order valence-corrected chi connectivity index (χ1v) is 10.1. The monoisotopic (exact) mass is 419 g/mol. The maximum absolute atomic E-state index is 14.6. The highest BCUT2D eigenvalue weighted by Gasteiger charge is 2.27. The number of nitrogens with two attached hydrogens (primary N) is 1. The molecule has 5 nitrogen and oxygen atoms in total. The van der Waals surface area contributed by atoms with Gasteiger partial charge in [0.05, 0.1) is 23.0 Å². The number of hydrogen-bond donors (Lipinski definition) is 1. The van der Waals surface area contributed by atoms with Crippen LogP contribution in [-0.2, 0) is 6.42 Å². The fraction of sp³-hybridized carbons (Fsp3) is 0.174. The molecule has 30 heavy (non-hydrogen) atoms. The maximum atomic E-state index is 14.6. The second kappa shape index (κ2) is 7.22. The van der Waals surface area contributed by atoms with E-state index in [4.69, 9.17) is 17.3 Å². The molecule has 1 unspecified atom stereocenters. The van der Waals surface area contributed by atoms with Crippen LogP contribution in [0, 0.1) is 12.7 Å². The number of halogens is 2. The van der Waals surface area contributed by atoms with Gasteiger partial charge in [0.25, 0.3) is 0 Å². The van der Waals surface area contributed by atoms with Crippen molar-refractivity contribution < 1.29 is 4.39 Å². The van der Waals surface area contributed by atoms with Crippen LogP contribution in [0.2, 0.25) is 5.02 Å². The second-order valence-corrected chi connectivity index (χ2v) is 7.95. The van der Waals surface area contributed by atoms with Gasteiger partial charge in [-0.1, -0.05) is 11.6 Å². The van der Waals surface area contributed by atoms with E-state index >= 15 is 0 Å². The van der Waals surface area contributed by atoms with E-state index in [2.05, 4.69) is 15.1 Å². The van der Waals surface area contributed by atoms with Crippen molar-refractivity contribution in [2.24, 2.45) is 0 Å². The minimum absolute atomic E-state index is 0.0484. The van der Waals surface area contributed by atoms with Crippen molar-refractivity contribution in [1.82, 2.24) is 19.7 Å². The first kappa shape index (κ1) is 18.8. The number of aryl methyl sites for hydroxylation is 2. The molecule has 0 aliphatic heterocycles. The lowest BCUT2D eigenvalue weighted by Crippen LogP contribution is -2.09. The van der Waals surface area contributed by atoms with E-state index in [1.54, 1.807) is 18.5 Å². The van der Waals surface area contributed by atoms with Gasteiger partial charge in [0.1, 0.15) is 0 Å². The van der Waals surface area contributed by atoms with Crippen LogP contribution in [0.25, 0.3) is 22.3 Å². The van der Waals surface area contributed by atoms with Gasteiger partial charge in [0.15, 0.2) is 5.82 Å². The molecule has 0 bridgehead atoms. The zero-order valence-electron chi connectivity index (χ0n) is 16.3. The summed E-state index contributed by atoms with van der Waals surface area (Å²) in [5.41, 5.74) is 12.4. The Morgan fingerprint density at radius 3 is 2.80 bits per heavy atom. The Bertz CT molecular complexity index is 1270. The van der Waals surface area contributed by atoms with Crippen molar-refractivity contribution in [3.63, 3.8) is 0 Å². The van der Waals surface area contributed by atoms with Crippen LogP contribution in [0.4, 0.5) is 10.1 Å². The van der Waals surface area contributed by atoms with Crippen molar-refractivity contribution in [2.45, 2.75) is 25.8 Å². The van der Waals surface area contributed by atoms with Crippen LogP contribution in [0.5, 0.6) is 0 Å². The number of anilines is 1. The van der Waals surface area contributed by atoms with Crippen molar-refractivity contribution >= 4 is 17.3 Å². The summed E-state index contributed by atoms with van der Waals surface area (Å²) < 4.78 is 16.5. The molecule has 150 valence electrons. The molecule has 1 aliphatic rings. The molecule has 3 aromatic heterocycles. The number of aromatic nitrogens is 4. The largest absolute Gasteiger partial charge is 0.398 e. The zero-order chi connectivity index (χ0) is 20.8. The third-order valence-electron chi connectivity index (χ3n) is 5.57. The normalized spacial score (nSPS) is 15.4. The molecule has 0 saturated carbocycles. The third kappa shape index (κ3) is 3.13. The summed E-state index contributed by atoms with van der Waals surface area (Å²) in [5.74, 6) is -0.516. The summed E-state index contributed by atoms with van der Waals surface area (Å²) in [6.07, 6.45) is 9.10. The van der Waals surface area contributed by atoms with Crippen LogP contribution in [0.15, 0.2) is 55.1 Å². The van der Waals surface area contributed by atoms with Crippen molar-refractivity contribution in [3.05, 3.63) is 82.9 Å². The first-order valence-electron chi connectivity index (χ1n) is 9.71. The molecule has 0 radical (unpaired) electrons. The van der Waals surface area contributed by atoms with E-state index in [1.165, 1.54) is 6.07 Å². The van der Waals surface area contributed by atoms with E-state index in [9.17, 15) is 4.39 Å². The Labute approximate surface area is 178 Å². The van der Waals surface area contributed by atoms with Gasteiger partial charge in [0, 0.05) is 46.7 Å². The van der Waals surface area contributed by atoms with Crippen molar-refractivity contribution in [3.8, 4) is 22.3 Å². The molecule has 3 heterocycles. The number of rotatable bonds is 3. The number of nitrogens with zero attached hydrogens (tertiary/aromatic N) is 4. The SMILES string of the molecule is Cc1cc(-c2cnn(C3CCc4cc(-c5c(N)ccc(Cl)c5F)cnc43)c2)ccn1. The summed E-state index contributed by atoms with van der Waals surface area (Å²) in [6, 6.07) is 9.11. The summed E-state index contributed by atoms with van der Waals surface area (Å²) in [7, 11) is 0. The first-order chi connectivity index (χ1) is 14.5. The Hall–Kier alpha value is -3.25. The third-order valence-corrected chi connectivity index (χ3v) is 5.86. The number of hydrogen-bond acceptors (Lipinski definition) is 4. The Morgan fingerprint density at radius 1 is 1.10 bits per heavy atom. The Kier molecular flexibility index (Phi) is 4.51. The van der Waals surface area contributed by atoms with E-state index in [0.717, 1.165) is 40.9 Å². The average Bonchev–Trinajstić information content (AvgIpc) is 3.38. The van der Waals surface area contributed by atoms with Crippen LogP contribution >= 0.6 is 11.6 Å². The lowest BCUT2D eigenvalue weighted by molar-refractivity contribution is 0.511. The fourth-order valence-electron chi connectivity index (χ4n) is 4.09. The Morgan fingerprint density at radius 2 is 1.97 bits per heavy atom. The van der Waals surface area contributed by atoms with E-state index in [0.29, 0.717) is 16.8 Å². The van der Waals surface area contributed by atoms with Gasteiger partial charge in [-0.2, -0.15) is 5.10 Å². The topological polar surface area (TPSA) is 69.6 Å². The highest BCUT2D eigenvalue weighted by atomic mass is 35.5. The summed E-state index contributed by atoms with van der Waals surface area (Å²) in [4.78, 5) is 8.91. The molecule has 0 amide bonds. The molecule has 7 heteroatoms. The lowest BCUT2D eigenvalue weighted by Gasteiger charge is -2.13. The highest BCUT2D eigenvalue weighted by Crippen LogP contribution is 2.38. The van der Waals surface area contributed by atoms with Gasteiger partial charge in [-0.05, 0) is 61.2 Å². The number of nitrogen functional groups attached to an aromatic ring is 1. The molecule has 0 fully saturated rings. The number of pyridine rings is 2.